The third-order valence-corrected chi connectivity index (χ3v) is 13.5. The van der Waals surface area contributed by atoms with E-state index >= 15 is 0 Å². The van der Waals surface area contributed by atoms with Crippen molar-refractivity contribution in [3.05, 3.63) is 43.2 Å². The quantitative estimate of drug-likeness (QED) is 0.0581. The van der Waals surface area contributed by atoms with E-state index in [4.69, 9.17) is 18.7 Å². The van der Waals surface area contributed by atoms with Gasteiger partial charge in [-0.15, -0.1) is 22.7 Å². The highest BCUT2D eigenvalue weighted by molar-refractivity contribution is 9.11. The molecule has 5 rings (SSSR count). The van der Waals surface area contributed by atoms with Crippen LogP contribution in [0.25, 0.3) is 42.9 Å². The molecule has 1 aromatic carbocycles. The van der Waals surface area contributed by atoms with Crippen molar-refractivity contribution < 1.29 is 0 Å². The van der Waals surface area contributed by atoms with E-state index in [9.17, 15) is 0 Å². The predicted octanol–water partition coefficient (Wildman–Crippen LogP) is 15.5. The Morgan fingerprint density at radius 2 is 0.796 bits per heavy atom. The van der Waals surface area contributed by atoms with Crippen molar-refractivity contribution in [2.24, 2.45) is 0 Å². The molecule has 0 radical (unpaired) electrons. The van der Waals surface area contributed by atoms with Gasteiger partial charge in [-0.2, -0.15) is 8.75 Å². The fraction of sp³-hybridized carbons (Fsp3) is 0.600. The third-order valence-electron chi connectivity index (χ3n) is 9.66. The maximum Gasteiger partial charge on any atom is 0.116 e. The van der Waals surface area contributed by atoms with E-state index in [2.05, 4.69) is 70.0 Å². The molecule has 0 unspecified atom stereocenters. The molecule has 0 aliphatic heterocycles. The molecule has 0 aliphatic rings. The van der Waals surface area contributed by atoms with Crippen LogP contribution >= 0.6 is 66.3 Å². The van der Waals surface area contributed by atoms with Gasteiger partial charge < -0.3 is 0 Å². The first kappa shape index (κ1) is 39.0. The molecule has 0 fully saturated rings. The van der Waals surface area contributed by atoms with Gasteiger partial charge in [0.05, 0.1) is 30.7 Å². The van der Waals surface area contributed by atoms with Crippen molar-refractivity contribution >= 4 is 88.3 Å². The number of aromatic nitrogens is 4. The Kier molecular flexibility index (Phi) is 16.9. The topological polar surface area (TPSA) is 51.6 Å². The first-order valence-corrected chi connectivity index (χ1v) is 23.0. The lowest BCUT2D eigenvalue weighted by atomic mass is 9.99. The monoisotopic (exact) mass is 844 g/mol. The maximum atomic E-state index is 5.58. The summed E-state index contributed by atoms with van der Waals surface area (Å²) in [6.07, 6.45) is 28.8. The number of benzene rings is 1. The maximum absolute atomic E-state index is 5.58. The molecular weight excluding hydrogens is 792 g/mol. The number of nitrogens with zero attached hydrogens (tertiary/aromatic N) is 4. The van der Waals surface area contributed by atoms with Gasteiger partial charge in [-0.3, -0.25) is 0 Å². The van der Waals surface area contributed by atoms with Gasteiger partial charge >= 0.3 is 0 Å². The summed E-state index contributed by atoms with van der Waals surface area (Å²) < 4.78 is 12.0. The van der Waals surface area contributed by atoms with E-state index in [1.807, 2.05) is 0 Å². The summed E-state index contributed by atoms with van der Waals surface area (Å²) in [5, 5.41) is 0. The van der Waals surface area contributed by atoms with Crippen LogP contribution in [0.1, 0.15) is 154 Å². The molecule has 5 aromatic rings. The SMILES string of the molecule is CCCCCCCCCCCCc1nc2c(-c3ccc(Br)s3)c3nsnc3c(-c3ccc(Br)s3)c2nc1CCCCCCCCCCCC. The first-order chi connectivity index (χ1) is 24.1. The van der Waals surface area contributed by atoms with Gasteiger partial charge in [0.15, 0.2) is 0 Å². The van der Waals surface area contributed by atoms with Gasteiger partial charge in [0.2, 0.25) is 0 Å². The van der Waals surface area contributed by atoms with Crippen LogP contribution in [0.2, 0.25) is 0 Å². The molecule has 0 N–H and O–H groups in total. The summed E-state index contributed by atoms with van der Waals surface area (Å²) in [4.78, 5) is 13.5. The van der Waals surface area contributed by atoms with Crippen LogP contribution < -0.4 is 0 Å². The number of unbranched alkanes of at least 4 members (excludes halogenated alkanes) is 18. The molecule has 0 saturated heterocycles. The van der Waals surface area contributed by atoms with Crippen LogP contribution in [0.4, 0.5) is 0 Å². The standard InChI is InChI=1S/C40H54Br2N4S3/c1-3-5-7-9-11-13-15-17-19-21-23-29-30(24-22-20-18-16-14-12-10-8-6-4-2)44-38-36(32-26-28-34(42)48-32)40-39(45-49-46-40)35(37(38)43-29)31-25-27-33(41)47-31/h25-28H,3-24H2,1-2H3. The van der Waals surface area contributed by atoms with E-state index in [0.29, 0.717) is 0 Å². The molecule has 4 aromatic heterocycles. The Morgan fingerprint density at radius 3 is 1.12 bits per heavy atom. The number of thiophene rings is 2. The van der Waals surface area contributed by atoms with E-state index in [1.54, 1.807) is 22.7 Å². The van der Waals surface area contributed by atoms with Gasteiger partial charge in [0.25, 0.3) is 0 Å². The largest absolute Gasteiger partial charge is 0.248 e. The van der Waals surface area contributed by atoms with Crippen molar-refractivity contribution in [2.75, 3.05) is 0 Å². The van der Waals surface area contributed by atoms with E-state index < -0.39 is 0 Å². The molecule has 4 heterocycles. The van der Waals surface area contributed by atoms with Gasteiger partial charge in [0.1, 0.15) is 22.1 Å². The molecule has 0 spiro atoms. The summed E-state index contributed by atoms with van der Waals surface area (Å²) in [7, 11) is 0. The molecule has 0 saturated carbocycles. The number of hydrogen-bond donors (Lipinski definition) is 0. The van der Waals surface area contributed by atoms with Crippen molar-refractivity contribution in [1.82, 2.24) is 18.7 Å². The fourth-order valence-corrected chi connectivity index (χ4v) is 10.3. The van der Waals surface area contributed by atoms with Crippen LogP contribution in [0, 0.1) is 0 Å². The number of rotatable bonds is 24. The van der Waals surface area contributed by atoms with Crippen LogP contribution in [-0.4, -0.2) is 18.7 Å². The fourth-order valence-electron chi connectivity index (χ4n) is 6.92. The minimum absolute atomic E-state index is 0.938. The zero-order valence-corrected chi connectivity index (χ0v) is 35.3. The van der Waals surface area contributed by atoms with Crippen molar-refractivity contribution in [3.63, 3.8) is 0 Å². The Labute approximate surface area is 323 Å². The minimum Gasteiger partial charge on any atom is -0.248 e. The molecule has 0 aliphatic carbocycles. The zero-order chi connectivity index (χ0) is 34.3. The average Bonchev–Trinajstić information content (AvgIpc) is 3.87. The predicted molar refractivity (Wildman–Crippen MR) is 224 cm³/mol. The zero-order valence-electron chi connectivity index (χ0n) is 29.6. The minimum atomic E-state index is 0.938. The molecule has 4 nitrogen and oxygen atoms in total. The lowest BCUT2D eigenvalue weighted by molar-refractivity contribution is 0.551. The second-order valence-electron chi connectivity index (χ2n) is 13.6. The van der Waals surface area contributed by atoms with Crippen LogP contribution in [0.3, 0.4) is 0 Å². The highest BCUT2D eigenvalue weighted by atomic mass is 79.9. The molecule has 0 bridgehead atoms. The normalized spacial score (nSPS) is 11.8. The Hall–Kier alpha value is -1.26. The average molecular weight is 847 g/mol. The smallest absolute Gasteiger partial charge is 0.116 e. The molecular formula is C40H54Br2N4S3. The third kappa shape index (κ3) is 11.4. The van der Waals surface area contributed by atoms with Gasteiger partial charge in [-0.25, -0.2) is 9.97 Å². The highest BCUT2D eigenvalue weighted by Gasteiger charge is 2.25. The lowest BCUT2D eigenvalue weighted by Gasteiger charge is -2.15. The number of hydrogen-bond acceptors (Lipinski definition) is 7. The first-order valence-electron chi connectivity index (χ1n) is 19.1. The molecule has 49 heavy (non-hydrogen) atoms. The van der Waals surface area contributed by atoms with Crippen LogP contribution in [0.15, 0.2) is 31.8 Å². The van der Waals surface area contributed by atoms with E-state index in [1.165, 1.54) is 152 Å². The molecule has 266 valence electrons. The Balaban J connectivity index is 1.39. The van der Waals surface area contributed by atoms with E-state index in [0.717, 1.165) is 63.4 Å². The highest BCUT2D eigenvalue weighted by Crippen LogP contribution is 2.46. The number of fused-ring (bicyclic) bond motifs is 2. The lowest BCUT2D eigenvalue weighted by Crippen LogP contribution is -2.05. The molecule has 0 atom stereocenters. The number of aryl methyl sites for hydroxylation is 2. The van der Waals surface area contributed by atoms with Crippen LogP contribution in [0.5, 0.6) is 0 Å². The van der Waals surface area contributed by atoms with Crippen LogP contribution in [-0.2, 0) is 12.8 Å². The van der Waals surface area contributed by atoms with Crippen molar-refractivity contribution in [3.8, 4) is 20.9 Å². The van der Waals surface area contributed by atoms with E-state index in [-0.39, 0.29) is 0 Å². The second kappa shape index (κ2) is 21.3. The van der Waals surface area contributed by atoms with Gasteiger partial charge in [0, 0.05) is 20.9 Å². The van der Waals surface area contributed by atoms with Crippen molar-refractivity contribution in [2.45, 2.75) is 155 Å². The summed E-state index contributed by atoms with van der Waals surface area (Å²) in [6, 6.07) is 8.62. The summed E-state index contributed by atoms with van der Waals surface area (Å²) in [6.45, 7) is 4.59. The summed E-state index contributed by atoms with van der Waals surface area (Å²) in [5.41, 5.74) is 8.38. The second-order valence-corrected chi connectivity index (χ2v) is 19.1. The van der Waals surface area contributed by atoms with Gasteiger partial charge in [-0.1, -0.05) is 129 Å². The van der Waals surface area contributed by atoms with Crippen molar-refractivity contribution in [1.29, 1.82) is 0 Å². The summed E-state index contributed by atoms with van der Waals surface area (Å²) >= 11 is 12.2. The van der Waals surface area contributed by atoms with Gasteiger partial charge in [-0.05, 0) is 81.8 Å². The number of halogens is 2. The summed E-state index contributed by atoms with van der Waals surface area (Å²) in [5.74, 6) is 0. The Bertz CT molecular complexity index is 1590. The molecule has 0 amide bonds. The molecule has 9 heteroatoms. The Morgan fingerprint density at radius 1 is 0.449 bits per heavy atom.